The summed E-state index contributed by atoms with van der Waals surface area (Å²) >= 11 is 9.78. The molecule has 0 saturated heterocycles. The summed E-state index contributed by atoms with van der Waals surface area (Å²) in [5.74, 6) is 0.219. The van der Waals surface area contributed by atoms with Gasteiger partial charge in [0.2, 0.25) is 5.90 Å². The lowest BCUT2D eigenvalue weighted by Crippen LogP contribution is -2.05. The van der Waals surface area contributed by atoms with Gasteiger partial charge in [0.15, 0.2) is 17.2 Å². The molecule has 0 radical (unpaired) electrons. The third kappa shape index (κ3) is 5.27. The van der Waals surface area contributed by atoms with Gasteiger partial charge in [-0.15, -0.1) is 0 Å². The number of nitro benzene ring substituents is 1. The minimum Gasteiger partial charge on any atom is -0.493 e. The number of carbonyl (C=O) groups is 1. The second kappa shape index (κ2) is 10.1. The van der Waals surface area contributed by atoms with Crippen molar-refractivity contribution in [3.05, 3.63) is 103 Å². The van der Waals surface area contributed by atoms with Crippen LogP contribution < -0.4 is 9.47 Å². The molecular formula is C24H16BrClN2O6. The van der Waals surface area contributed by atoms with Crippen molar-refractivity contribution in [1.82, 2.24) is 0 Å². The van der Waals surface area contributed by atoms with Crippen LogP contribution in [0.4, 0.5) is 5.69 Å². The van der Waals surface area contributed by atoms with Crippen molar-refractivity contribution < 1.29 is 23.9 Å². The molecule has 1 aliphatic heterocycles. The normalized spacial score (nSPS) is 14.0. The molecule has 0 N–H and O–H groups in total. The summed E-state index contributed by atoms with van der Waals surface area (Å²) in [6.07, 6.45) is 1.53. The van der Waals surface area contributed by atoms with E-state index < -0.39 is 10.9 Å². The van der Waals surface area contributed by atoms with Gasteiger partial charge in [-0.1, -0.05) is 39.7 Å². The highest BCUT2D eigenvalue weighted by atomic mass is 79.9. The van der Waals surface area contributed by atoms with Crippen LogP contribution in [0.5, 0.6) is 11.5 Å². The molecule has 0 atom stereocenters. The molecule has 4 rings (SSSR count). The molecule has 34 heavy (non-hydrogen) atoms. The molecule has 1 aliphatic rings. The number of hydrogen-bond donors (Lipinski definition) is 0. The van der Waals surface area contributed by atoms with Crippen LogP contribution in [-0.4, -0.2) is 23.9 Å². The van der Waals surface area contributed by atoms with E-state index in [1.807, 2.05) is 12.1 Å². The number of benzene rings is 3. The standard InChI is InChI=1S/C24H16BrClN2O6/c1-32-21-12-15(11-20-24(29)34-23(27-20)16-5-7-17(25)8-6-16)10-19(26)22(21)33-13-14-3-2-4-18(9-14)28(30)31/h2-12H,13H2,1H3/b20-11-. The van der Waals surface area contributed by atoms with Crippen LogP contribution in [-0.2, 0) is 16.1 Å². The predicted molar refractivity (Wildman–Crippen MR) is 130 cm³/mol. The van der Waals surface area contributed by atoms with Crippen LogP contribution in [0, 0.1) is 10.1 Å². The van der Waals surface area contributed by atoms with Crippen molar-refractivity contribution >= 4 is 51.2 Å². The lowest BCUT2D eigenvalue weighted by molar-refractivity contribution is -0.384. The van der Waals surface area contributed by atoms with Crippen LogP contribution in [0.1, 0.15) is 16.7 Å². The maximum Gasteiger partial charge on any atom is 0.363 e. The molecule has 0 aliphatic carbocycles. The van der Waals surface area contributed by atoms with E-state index in [1.165, 1.54) is 25.3 Å². The topological polar surface area (TPSA) is 100 Å². The van der Waals surface area contributed by atoms with Gasteiger partial charge in [-0.3, -0.25) is 10.1 Å². The number of rotatable bonds is 7. The van der Waals surface area contributed by atoms with Crippen LogP contribution in [0.2, 0.25) is 5.02 Å². The van der Waals surface area contributed by atoms with Crippen molar-refractivity contribution in [3.8, 4) is 11.5 Å². The minimum atomic E-state index is -0.584. The monoisotopic (exact) mass is 542 g/mol. The number of carbonyl (C=O) groups excluding carboxylic acids is 1. The number of methoxy groups -OCH3 is 1. The third-order valence-electron chi connectivity index (χ3n) is 4.77. The van der Waals surface area contributed by atoms with Gasteiger partial charge in [0.05, 0.1) is 17.1 Å². The van der Waals surface area contributed by atoms with E-state index >= 15 is 0 Å². The Labute approximate surface area is 207 Å². The third-order valence-corrected chi connectivity index (χ3v) is 5.58. The second-order valence-electron chi connectivity index (χ2n) is 7.09. The van der Waals surface area contributed by atoms with E-state index in [0.29, 0.717) is 22.4 Å². The molecule has 3 aromatic carbocycles. The largest absolute Gasteiger partial charge is 0.493 e. The fourth-order valence-electron chi connectivity index (χ4n) is 3.16. The summed E-state index contributed by atoms with van der Waals surface area (Å²) in [4.78, 5) is 27.1. The Bertz CT molecular complexity index is 1340. The number of nitro groups is 1. The van der Waals surface area contributed by atoms with Crippen molar-refractivity contribution in [2.24, 2.45) is 4.99 Å². The Morgan fingerprint density at radius 1 is 1.18 bits per heavy atom. The smallest absolute Gasteiger partial charge is 0.363 e. The number of esters is 1. The number of ether oxygens (including phenoxy) is 3. The van der Waals surface area contributed by atoms with Crippen LogP contribution in [0.15, 0.2) is 75.8 Å². The highest BCUT2D eigenvalue weighted by Crippen LogP contribution is 2.38. The first-order chi connectivity index (χ1) is 16.3. The van der Waals surface area contributed by atoms with Gasteiger partial charge in [-0.05, 0) is 53.6 Å². The fourth-order valence-corrected chi connectivity index (χ4v) is 3.70. The highest BCUT2D eigenvalue weighted by molar-refractivity contribution is 9.10. The van der Waals surface area contributed by atoms with Gasteiger partial charge in [0, 0.05) is 22.2 Å². The lowest BCUT2D eigenvalue weighted by Gasteiger charge is -2.13. The first-order valence-electron chi connectivity index (χ1n) is 9.86. The Morgan fingerprint density at radius 3 is 2.65 bits per heavy atom. The van der Waals surface area contributed by atoms with E-state index in [0.717, 1.165) is 4.47 Å². The molecule has 8 nitrogen and oxygen atoms in total. The average molecular weight is 544 g/mol. The quantitative estimate of drug-likeness (QED) is 0.158. The zero-order valence-corrected chi connectivity index (χ0v) is 20.0. The van der Waals surface area contributed by atoms with Gasteiger partial charge in [0.25, 0.3) is 5.69 Å². The minimum absolute atomic E-state index is 0.0346. The Hall–Kier alpha value is -3.69. The summed E-state index contributed by atoms with van der Waals surface area (Å²) in [6, 6.07) is 16.6. The Balaban J connectivity index is 1.57. The van der Waals surface area contributed by atoms with Crippen LogP contribution in [0.25, 0.3) is 6.08 Å². The lowest BCUT2D eigenvalue weighted by atomic mass is 10.1. The number of non-ortho nitro benzene ring substituents is 1. The predicted octanol–water partition coefficient (Wildman–Crippen LogP) is 5.94. The van der Waals surface area contributed by atoms with Crippen LogP contribution in [0.3, 0.4) is 0 Å². The average Bonchev–Trinajstić information content (AvgIpc) is 3.18. The SMILES string of the molecule is COc1cc(/C=C2\N=C(c3ccc(Br)cc3)OC2=O)cc(Cl)c1OCc1cccc([N+](=O)[O-])c1. The first kappa shape index (κ1) is 23.5. The van der Waals surface area contributed by atoms with E-state index in [-0.39, 0.29) is 34.7 Å². The zero-order chi connectivity index (χ0) is 24.2. The molecule has 0 amide bonds. The van der Waals surface area contributed by atoms with Gasteiger partial charge in [-0.25, -0.2) is 9.79 Å². The van der Waals surface area contributed by atoms with Gasteiger partial charge in [-0.2, -0.15) is 0 Å². The number of aliphatic imine (C=N–C) groups is 1. The summed E-state index contributed by atoms with van der Waals surface area (Å²) < 4.78 is 17.4. The maximum absolute atomic E-state index is 12.3. The number of nitrogens with zero attached hydrogens (tertiary/aromatic N) is 2. The molecule has 10 heteroatoms. The first-order valence-corrected chi connectivity index (χ1v) is 11.0. The van der Waals surface area contributed by atoms with Gasteiger partial charge in [0.1, 0.15) is 6.61 Å². The van der Waals surface area contributed by atoms with Gasteiger partial charge < -0.3 is 14.2 Å². The van der Waals surface area contributed by atoms with E-state index in [2.05, 4.69) is 20.9 Å². The molecule has 0 fully saturated rings. The highest BCUT2D eigenvalue weighted by Gasteiger charge is 2.24. The summed E-state index contributed by atoms with van der Waals surface area (Å²) in [5, 5.41) is 11.2. The molecule has 172 valence electrons. The Kier molecular flexibility index (Phi) is 6.95. The molecule has 1 heterocycles. The fraction of sp³-hybridized carbons (Fsp3) is 0.0833. The number of halogens is 2. The second-order valence-corrected chi connectivity index (χ2v) is 8.42. The van der Waals surface area contributed by atoms with Gasteiger partial charge >= 0.3 is 5.97 Å². The van der Waals surface area contributed by atoms with Crippen LogP contribution >= 0.6 is 27.5 Å². The summed E-state index contributed by atoms with van der Waals surface area (Å²) in [5.41, 5.74) is 1.90. The number of hydrogen-bond acceptors (Lipinski definition) is 7. The number of cyclic esters (lactones) is 1. The summed E-state index contributed by atoms with van der Waals surface area (Å²) in [7, 11) is 1.45. The van der Waals surface area contributed by atoms with E-state index in [4.69, 9.17) is 25.8 Å². The summed E-state index contributed by atoms with van der Waals surface area (Å²) in [6.45, 7) is 0.0470. The molecule has 0 spiro atoms. The van der Waals surface area contributed by atoms with Crippen molar-refractivity contribution in [2.45, 2.75) is 6.61 Å². The van der Waals surface area contributed by atoms with E-state index in [1.54, 1.807) is 36.4 Å². The van der Waals surface area contributed by atoms with Crippen molar-refractivity contribution in [2.75, 3.05) is 7.11 Å². The molecule has 0 unspecified atom stereocenters. The molecule has 0 aromatic heterocycles. The molecular weight excluding hydrogens is 528 g/mol. The molecule has 3 aromatic rings. The Morgan fingerprint density at radius 2 is 1.94 bits per heavy atom. The van der Waals surface area contributed by atoms with Crippen molar-refractivity contribution in [1.29, 1.82) is 0 Å². The van der Waals surface area contributed by atoms with Crippen molar-refractivity contribution in [3.63, 3.8) is 0 Å². The molecule has 0 bridgehead atoms. The zero-order valence-electron chi connectivity index (χ0n) is 17.7. The molecule has 0 saturated carbocycles. The van der Waals surface area contributed by atoms with E-state index in [9.17, 15) is 14.9 Å². The maximum atomic E-state index is 12.3.